The lowest BCUT2D eigenvalue weighted by Crippen LogP contribution is -2.28. The van der Waals surface area contributed by atoms with E-state index in [1.807, 2.05) is 0 Å². The molecule has 0 radical (unpaired) electrons. The van der Waals surface area contributed by atoms with E-state index in [0.717, 1.165) is 13.1 Å². The number of nitrogens with zero attached hydrogens (tertiary/aromatic N) is 2. The van der Waals surface area contributed by atoms with E-state index >= 15 is 0 Å². The van der Waals surface area contributed by atoms with Crippen molar-refractivity contribution in [1.82, 2.24) is 15.5 Å². The topological polar surface area (TPSA) is 72.2 Å². The number of methoxy groups -OCH3 is 1. The van der Waals surface area contributed by atoms with E-state index in [9.17, 15) is 0 Å². The van der Waals surface area contributed by atoms with Crippen LogP contribution in [0.3, 0.4) is 0 Å². The van der Waals surface area contributed by atoms with Crippen LogP contribution < -0.4 is 10.6 Å². The van der Waals surface area contributed by atoms with E-state index in [-0.39, 0.29) is 0 Å². The molecule has 0 atom stereocenters. The zero-order valence-electron chi connectivity index (χ0n) is 12.6. The Morgan fingerprint density at radius 3 is 2.80 bits per heavy atom. The molecule has 2 rings (SSSR count). The fourth-order valence-corrected chi connectivity index (χ4v) is 2.64. The van der Waals surface area contributed by atoms with Crippen LogP contribution in [0.2, 0.25) is 0 Å². The molecule has 114 valence electrons. The average Bonchev–Trinajstić information content (AvgIpc) is 2.91. The summed E-state index contributed by atoms with van der Waals surface area (Å²) in [5.41, 5.74) is 0.365. The Bertz CT molecular complexity index is 388. The second-order valence-corrected chi connectivity index (χ2v) is 5.90. The summed E-state index contributed by atoms with van der Waals surface area (Å²) in [6.07, 6.45) is 6.58. The highest BCUT2D eigenvalue weighted by atomic mass is 16.5. The summed E-state index contributed by atoms with van der Waals surface area (Å²) in [4.78, 5) is 0. The number of hydrogen-bond acceptors (Lipinski definition) is 6. The molecule has 1 heterocycles. The minimum Gasteiger partial charge on any atom is -0.407 e. The molecule has 0 spiro atoms. The molecular weight excluding hydrogens is 256 g/mol. The first-order valence-corrected chi connectivity index (χ1v) is 7.48. The molecule has 6 nitrogen and oxygen atoms in total. The lowest BCUT2D eigenvalue weighted by atomic mass is 9.76. The highest BCUT2D eigenvalue weighted by molar-refractivity contribution is 5.17. The number of ether oxygens (including phenoxy) is 1. The zero-order valence-corrected chi connectivity index (χ0v) is 12.6. The van der Waals surface area contributed by atoms with Gasteiger partial charge in [0.05, 0.1) is 13.2 Å². The SMILES string of the molecule is COCCNCc1nnc(NCC2(C)CCCCC2)o1. The van der Waals surface area contributed by atoms with Gasteiger partial charge in [-0.3, -0.25) is 0 Å². The number of anilines is 1. The van der Waals surface area contributed by atoms with Gasteiger partial charge in [0.25, 0.3) is 0 Å². The summed E-state index contributed by atoms with van der Waals surface area (Å²) < 4.78 is 10.5. The standard InChI is InChI=1S/C14H26N4O2/c1-14(6-4-3-5-7-14)11-16-13-18-17-12(20-13)10-15-8-9-19-2/h15H,3-11H2,1-2H3,(H,16,18). The van der Waals surface area contributed by atoms with Crippen LogP contribution in [0.4, 0.5) is 6.01 Å². The molecule has 1 aliphatic carbocycles. The molecule has 0 unspecified atom stereocenters. The number of nitrogens with one attached hydrogen (secondary N) is 2. The molecule has 1 aliphatic rings. The van der Waals surface area contributed by atoms with Crippen LogP contribution in [0.15, 0.2) is 4.42 Å². The molecule has 0 amide bonds. The van der Waals surface area contributed by atoms with Crippen molar-refractivity contribution in [2.45, 2.75) is 45.6 Å². The summed E-state index contributed by atoms with van der Waals surface area (Å²) in [6, 6.07) is 0.528. The van der Waals surface area contributed by atoms with Crippen LogP contribution in [-0.4, -0.2) is 37.0 Å². The van der Waals surface area contributed by atoms with Gasteiger partial charge in [-0.25, -0.2) is 0 Å². The van der Waals surface area contributed by atoms with Gasteiger partial charge in [-0.1, -0.05) is 31.3 Å². The Labute approximate surface area is 120 Å². The maximum Gasteiger partial charge on any atom is 0.315 e. The van der Waals surface area contributed by atoms with Crippen molar-refractivity contribution in [3.8, 4) is 0 Å². The predicted octanol–water partition coefficient (Wildman–Crippen LogP) is 2.19. The number of rotatable bonds is 8. The fraction of sp³-hybridized carbons (Fsp3) is 0.857. The molecule has 1 fully saturated rings. The van der Waals surface area contributed by atoms with E-state index in [1.54, 1.807) is 7.11 Å². The molecule has 6 heteroatoms. The van der Waals surface area contributed by atoms with Gasteiger partial charge in [0.15, 0.2) is 0 Å². The van der Waals surface area contributed by atoms with E-state index in [4.69, 9.17) is 9.15 Å². The molecule has 0 aromatic carbocycles. The van der Waals surface area contributed by atoms with Crippen LogP contribution in [0.1, 0.15) is 44.9 Å². The van der Waals surface area contributed by atoms with Gasteiger partial charge in [0.1, 0.15) is 0 Å². The molecule has 1 aromatic heterocycles. The monoisotopic (exact) mass is 282 g/mol. The second-order valence-electron chi connectivity index (χ2n) is 5.90. The molecule has 0 saturated heterocycles. The lowest BCUT2D eigenvalue weighted by molar-refractivity contribution is 0.198. The molecule has 1 saturated carbocycles. The van der Waals surface area contributed by atoms with Gasteiger partial charge in [-0.15, -0.1) is 5.10 Å². The first-order valence-electron chi connectivity index (χ1n) is 7.48. The van der Waals surface area contributed by atoms with Crippen LogP contribution in [-0.2, 0) is 11.3 Å². The third-order valence-electron chi connectivity index (χ3n) is 3.95. The Morgan fingerprint density at radius 2 is 2.05 bits per heavy atom. The summed E-state index contributed by atoms with van der Waals surface area (Å²) >= 11 is 0. The highest BCUT2D eigenvalue weighted by Crippen LogP contribution is 2.35. The first-order chi connectivity index (χ1) is 9.72. The molecular formula is C14H26N4O2. The number of aromatic nitrogens is 2. The van der Waals surface area contributed by atoms with Crippen molar-refractivity contribution in [3.63, 3.8) is 0 Å². The van der Waals surface area contributed by atoms with Gasteiger partial charge in [0.2, 0.25) is 5.89 Å². The van der Waals surface area contributed by atoms with Crippen molar-refractivity contribution in [2.24, 2.45) is 5.41 Å². The summed E-state index contributed by atoms with van der Waals surface area (Å²) in [5, 5.41) is 14.5. The Balaban J connectivity index is 1.72. The largest absolute Gasteiger partial charge is 0.407 e. The molecule has 0 bridgehead atoms. The number of hydrogen-bond donors (Lipinski definition) is 2. The van der Waals surface area contributed by atoms with E-state index in [0.29, 0.717) is 30.5 Å². The van der Waals surface area contributed by atoms with Crippen molar-refractivity contribution in [3.05, 3.63) is 5.89 Å². The third-order valence-corrected chi connectivity index (χ3v) is 3.95. The smallest absolute Gasteiger partial charge is 0.315 e. The summed E-state index contributed by atoms with van der Waals surface area (Å²) in [7, 11) is 1.68. The van der Waals surface area contributed by atoms with Crippen LogP contribution >= 0.6 is 0 Å². The Hall–Kier alpha value is -1.14. The minimum absolute atomic E-state index is 0.365. The highest BCUT2D eigenvalue weighted by Gasteiger charge is 2.26. The van der Waals surface area contributed by atoms with E-state index in [2.05, 4.69) is 27.8 Å². The summed E-state index contributed by atoms with van der Waals surface area (Å²) in [5.74, 6) is 0.609. The maximum absolute atomic E-state index is 5.56. The van der Waals surface area contributed by atoms with Crippen molar-refractivity contribution < 1.29 is 9.15 Å². The fourth-order valence-electron chi connectivity index (χ4n) is 2.64. The molecule has 0 aliphatic heterocycles. The van der Waals surface area contributed by atoms with E-state index < -0.39 is 0 Å². The van der Waals surface area contributed by atoms with Crippen molar-refractivity contribution in [2.75, 3.05) is 32.1 Å². The molecule has 2 N–H and O–H groups in total. The quantitative estimate of drug-likeness (QED) is 0.712. The van der Waals surface area contributed by atoms with Crippen LogP contribution in [0, 0.1) is 5.41 Å². The second kappa shape index (κ2) is 7.59. The minimum atomic E-state index is 0.365. The maximum atomic E-state index is 5.56. The predicted molar refractivity (Wildman–Crippen MR) is 77.6 cm³/mol. The third kappa shape index (κ3) is 4.76. The Morgan fingerprint density at radius 1 is 1.25 bits per heavy atom. The van der Waals surface area contributed by atoms with Crippen molar-refractivity contribution in [1.29, 1.82) is 0 Å². The van der Waals surface area contributed by atoms with Crippen LogP contribution in [0.25, 0.3) is 0 Å². The van der Waals surface area contributed by atoms with Gasteiger partial charge in [-0.2, -0.15) is 0 Å². The first kappa shape index (κ1) is 15.3. The lowest BCUT2D eigenvalue weighted by Gasteiger charge is -2.33. The van der Waals surface area contributed by atoms with Gasteiger partial charge in [0, 0.05) is 20.2 Å². The van der Waals surface area contributed by atoms with Gasteiger partial charge < -0.3 is 19.8 Å². The van der Waals surface area contributed by atoms with Crippen LogP contribution in [0.5, 0.6) is 0 Å². The van der Waals surface area contributed by atoms with Crippen molar-refractivity contribution >= 4 is 6.01 Å². The molecule has 20 heavy (non-hydrogen) atoms. The summed E-state index contributed by atoms with van der Waals surface area (Å²) in [6.45, 7) is 5.28. The molecule has 1 aromatic rings. The average molecular weight is 282 g/mol. The van der Waals surface area contributed by atoms with Gasteiger partial charge in [-0.05, 0) is 18.3 Å². The van der Waals surface area contributed by atoms with Gasteiger partial charge >= 0.3 is 6.01 Å². The Kier molecular flexibility index (Phi) is 5.79. The van der Waals surface area contributed by atoms with E-state index in [1.165, 1.54) is 32.1 Å². The normalized spacial score (nSPS) is 18.1. The zero-order chi connectivity index (χ0) is 14.3.